The maximum absolute atomic E-state index is 9.75. The number of halogens is 8. The molecule has 2 aromatic rings. The number of hydrogen-bond donors (Lipinski definition) is 0. The van der Waals surface area contributed by atoms with E-state index in [9.17, 15) is 34.5 Å². The van der Waals surface area contributed by atoms with E-state index in [-0.39, 0.29) is 0 Å². The first kappa shape index (κ1) is 25.5. The van der Waals surface area contributed by atoms with E-state index < -0.39 is 14.5 Å². The molecule has 0 spiro atoms. The number of aryl methyl sites for hydroxylation is 2. The predicted octanol–water partition coefficient (Wildman–Crippen LogP) is 3.58. The smallest absolute Gasteiger partial charge is 0.491 e. The second-order valence-electron chi connectivity index (χ2n) is 4.95. The SMILES string of the molecule is COc1ccc[n+](CC[n+]2cccc(OC)c2)c1.F[B-](F)(F)F.F[B-](F)(F)F. The van der Waals surface area contributed by atoms with Crippen LogP contribution in [0.1, 0.15) is 0 Å². The lowest BCUT2D eigenvalue weighted by molar-refractivity contribution is -0.778. The van der Waals surface area contributed by atoms with Gasteiger partial charge in [0.25, 0.3) is 0 Å². The summed E-state index contributed by atoms with van der Waals surface area (Å²) in [6, 6.07) is 7.84. The molecule has 0 saturated carbocycles. The predicted molar refractivity (Wildman–Crippen MR) is 86.8 cm³/mol. The summed E-state index contributed by atoms with van der Waals surface area (Å²) in [5.74, 6) is 1.74. The average molecular weight is 420 g/mol. The number of pyridine rings is 2. The van der Waals surface area contributed by atoms with Gasteiger partial charge in [0.1, 0.15) is 0 Å². The summed E-state index contributed by atoms with van der Waals surface area (Å²) < 4.78 is 92.6. The van der Waals surface area contributed by atoms with Crippen LogP contribution < -0.4 is 18.6 Å². The van der Waals surface area contributed by atoms with Crippen molar-refractivity contribution >= 4 is 14.5 Å². The molecule has 0 amide bonds. The number of methoxy groups -OCH3 is 2. The monoisotopic (exact) mass is 420 g/mol. The molecule has 2 rings (SSSR count). The van der Waals surface area contributed by atoms with Crippen molar-refractivity contribution in [3.8, 4) is 11.5 Å². The third kappa shape index (κ3) is 16.9. The Morgan fingerprint density at radius 2 is 0.964 bits per heavy atom. The van der Waals surface area contributed by atoms with Crippen molar-refractivity contribution in [3.05, 3.63) is 49.1 Å². The van der Waals surface area contributed by atoms with Gasteiger partial charge in [-0.25, -0.2) is 0 Å². The molecule has 0 bridgehead atoms. The van der Waals surface area contributed by atoms with E-state index in [1.165, 1.54) is 0 Å². The Morgan fingerprint density at radius 1 is 0.679 bits per heavy atom. The third-order valence-electron chi connectivity index (χ3n) is 2.75. The van der Waals surface area contributed by atoms with Crippen LogP contribution in [0.25, 0.3) is 0 Å². The van der Waals surface area contributed by atoms with E-state index in [0.717, 1.165) is 24.6 Å². The number of aromatic nitrogens is 2. The van der Waals surface area contributed by atoms with Gasteiger partial charge in [-0.05, 0) is 12.1 Å². The van der Waals surface area contributed by atoms with Gasteiger partial charge in [0.05, 0.1) is 14.2 Å². The van der Waals surface area contributed by atoms with Crippen LogP contribution in [0.15, 0.2) is 49.1 Å². The minimum absolute atomic E-state index is 0.869. The summed E-state index contributed by atoms with van der Waals surface area (Å²) >= 11 is 0. The van der Waals surface area contributed by atoms with Crippen LogP contribution in [0.4, 0.5) is 34.5 Å². The zero-order valence-electron chi connectivity index (χ0n) is 14.9. The molecule has 14 heteroatoms. The number of ether oxygens (including phenoxy) is 2. The molecule has 0 unspecified atom stereocenters. The highest BCUT2D eigenvalue weighted by atomic mass is 19.5. The number of hydrogen-bond acceptors (Lipinski definition) is 2. The third-order valence-corrected chi connectivity index (χ3v) is 2.75. The summed E-state index contributed by atoms with van der Waals surface area (Å²) in [6.07, 6.45) is 8.04. The molecule has 4 nitrogen and oxygen atoms in total. The Labute approximate surface area is 156 Å². The Hall–Kier alpha value is -2.53. The molecule has 28 heavy (non-hydrogen) atoms. The first-order valence-corrected chi connectivity index (χ1v) is 7.62. The summed E-state index contributed by atoms with van der Waals surface area (Å²) in [7, 11) is -8.65. The van der Waals surface area contributed by atoms with Crippen molar-refractivity contribution in [2.45, 2.75) is 13.1 Å². The van der Waals surface area contributed by atoms with Crippen LogP contribution in [0, 0.1) is 0 Å². The van der Waals surface area contributed by atoms with E-state index in [0.29, 0.717) is 0 Å². The topological polar surface area (TPSA) is 26.2 Å². The lowest BCUT2D eigenvalue weighted by Crippen LogP contribution is -2.43. The van der Waals surface area contributed by atoms with Gasteiger partial charge in [0.15, 0.2) is 23.9 Å². The molecule has 0 aliphatic carbocycles. The molecule has 0 aliphatic rings. The molecular formula is C14H18B2F8N2O2. The highest BCUT2D eigenvalue weighted by molar-refractivity contribution is 6.50. The molecule has 0 aliphatic heterocycles. The standard InChI is InChI=1S/C14H18N2O2.2BF4/c1-17-13-5-3-7-15(11-13)9-10-16-8-4-6-14(12-16)18-2;2*2-1(3,4)5/h3-8,11-12H,9-10H2,1-2H3;;/q+2;2*-1. The Bertz CT molecular complexity index is 630. The van der Waals surface area contributed by atoms with Crippen molar-refractivity contribution in [2.24, 2.45) is 0 Å². The van der Waals surface area contributed by atoms with Crippen molar-refractivity contribution in [1.29, 1.82) is 0 Å². The number of rotatable bonds is 5. The van der Waals surface area contributed by atoms with Crippen molar-refractivity contribution < 1.29 is 53.1 Å². The summed E-state index contributed by atoms with van der Waals surface area (Å²) in [4.78, 5) is 0. The zero-order chi connectivity index (χ0) is 21.8. The lowest BCUT2D eigenvalue weighted by Gasteiger charge is -2.00. The summed E-state index contributed by atoms with van der Waals surface area (Å²) in [5.41, 5.74) is 0. The zero-order valence-corrected chi connectivity index (χ0v) is 14.9. The summed E-state index contributed by atoms with van der Waals surface area (Å²) in [6.45, 7) is 1.77. The fourth-order valence-electron chi connectivity index (χ4n) is 1.75. The van der Waals surface area contributed by atoms with E-state index in [1.807, 2.05) is 49.1 Å². The molecule has 0 aromatic carbocycles. The quantitative estimate of drug-likeness (QED) is 0.420. The molecule has 2 heterocycles. The van der Waals surface area contributed by atoms with Crippen LogP contribution in [0.5, 0.6) is 11.5 Å². The normalized spacial score (nSPS) is 10.8. The lowest BCUT2D eigenvalue weighted by atomic mass is 10.3. The fraction of sp³-hybridized carbons (Fsp3) is 0.286. The van der Waals surface area contributed by atoms with Gasteiger partial charge < -0.3 is 44.0 Å². The Morgan fingerprint density at radius 3 is 1.21 bits per heavy atom. The molecule has 0 N–H and O–H groups in total. The Balaban J connectivity index is 0.000000607. The maximum atomic E-state index is 9.75. The summed E-state index contributed by atoms with van der Waals surface area (Å²) in [5, 5.41) is 0. The molecule has 0 fully saturated rings. The maximum Gasteiger partial charge on any atom is 0.673 e. The largest absolute Gasteiger partial charge is 0.673 e. The van der Waals surface area contributed by atoms with E-state index in [1.54, 1.807) is 14.2 Å². The van der Waals surface area contributed by atoms with Gasteiger partial charge in [0, 0.05) is 12.1 Å². The van der Waals surface area contributed by atoms with E-state index in [4.69, 9.17) is 9.47 Å². The molecule has 158 valence electrons. The van der Waals surface area contributed by atoms with Gasteiger partial charge in [-0.15, -0.1) is 0 Å². The first-order chi connectivity index (χ1) is 12.8. The van der Waals surface area contributed by atoms with Crippen LogP contribution in [0.3, 0.4) is 0 Å². The second-order valence-corrected chi connectivity index (χ2v) is 4.95. The highest BCUT2D eigenvalue weighted by Gasteiger charge is 2.21. The minimum atomic E-state index is -6.00. The minimum Gasteiger partial charge on any atom is -0.491 e. The second kappa shape index (κ2) is 12.0. The van der Waals surface area contributed by atoms with Crippen molar-refractivity contribution in [1.82, 2.24) is 0 Å². The van der Waals surface area contributed by atoms with Crippen LogP contribution >= 0.6 is 0 Å². The average Bonchev–Trinajstić information content (AvgIpc) is 2.57. The Kier molecular flexibility index (Phi) is 10.9. The van der Waals surface area contributed by atoms with Gasteiger partial charge in [-0.1, -0.05) is 0 Å². The van der Waals surface area contributed by atoms with Gasteiger partial charge in [-0.2, -0.15) is 9.13 Å². The molecule has 2 aromatic heterocycles. The molecule has 0 radical (unpaired) electrons. The van der Waals surface area contributed by atoms with Gasteiger partial charge >= 0.3 is 14.5 Å². The van der Waals surface area contributed by atoms with E-state index in [2.05, 4.69) is 9.13 Å². The van der Waals surface area contributed by atoms with Crippen LogP contribution in [-0.4, -0.2) is 28.7 Å². The first-order valence-electron chi connectivity index (χ1n) is 7.62. The van der Waals surface area contributed by atoms with Gasteiger partial charge in [0.2, 0.25) is 25.5 Å². The molecule has 0 atom stereocenters. The van der Waals surface area contributed by atoms with Crippen LogP contribution in [-0.2, 0) is 13.1 Å². The van der Waals surface area contributed by atoms with Crippen LogP contribution in [0.2, 0.25) is 0 Å². The van der Waals surface area contributed by atoms with Crippen molar-refractivity contribution in [2.75, 3.05) is 14.2 Å². The number of nitrogens with zero attached hydrogens (tertiary/aromatic N) is 2. The molecule has 0 saturated heterocycles. The van der Waals surface area contributed by atoms with E-state index >= 15 is 0 Å². The fourth-order valence-corrected chi connectivity index (χ4v) is 1.75. The van der Waals surface area contributed by atoms with Gasteiger partial charge in [-0.3, -0.25) is 0 Å². The van der Waals surface area contributed by atoms with Crippen molar-refractivity contribution in [3.63, 3.8) is 0 Å². The highest BCUT2D eigenvalue weighted by Crippen LogP contribution is 2.07. The molecular weight excluding hydrogens is 402 g/mol.